The standard InChI is InChI=1S/C23H27N5O/c1-27(2)17-9-16-24-22-15-14-21(25-26-22)23(29)28(20-12-7-4-8-13-20)18-19-10-5-3-6-11-19/h3-8,10-15H,9,16-18H2,1-2H3,(H,24,26). The molecule has 150 valence electrons. The van der Waals surface area contributed by atoms with Crippen molar-refractivity contribution in [2.24, 2.45) is 0 Å². The lowest BCUT2D eigenvalue weighted by Crippen LogP contribution is -2.31. The van der Waals surface area contributed by atoms with Crippen molar-refractivity contribution < 1.29 is 4.79 Å². The first-order valence-corrected chi connectivity index (χ1v) is 9.76. The lowest BCUT2D eigenvalue weighted by atomic mass is 10.2. The number of hydrogen-bond donors (Lipinski definition) is 1. The molecule has 1 aromatic heterocycles. The lowest BCUT2D eigenvalue weighted by molar-refractivity contribution is 0.0979. The Labute approximate surface area is 172 Å². The fourth-order valence-corrected chi connectivity index (χ4v) is 2.94. The zero-order chi connectivity index (χ0) is 20.5. The number of hydrogen-bond acceptors (Lipinski definition) is 5. The van der Waals surface area contributed by atoms with Gasteiger partial charge >= 0.3 is 0 Å². The Hall–Kier alpha value is -3.25. The van der Waals surface area contributed by atoms with Crippen LogP contribution in [-0.4, -0.2) is 48.2 Å². The van der Waals surface area contributed by atoms with Crippen molar-refractivity contribution in [3.8, 4) is 0 Å². The van der Waals surface area contributed by atoms with Gasteiger partial charge in [0, 0.05) is 12.2 Å². The molecule has 0 atom stereocenters. The third-order valence-corrected chi connectivity index (χ3v) is 4.47. The Bertz CT molecular complexity index is 882. The van der Waals surface area contributed by atoms with E-state index in [1.807, 2.05) is 80.8 Å². The normalized spacial score (nSPS) is 10.7. The molecule has 1 N–H and O–H groups in total. The van der Waals surface area contributed by atoms with Gasteiger partial charge in [0.1, 0.15) is 5.82 Å². The van der Waals surface area contributed by atoms with Gasteiger partial charge in [0.15, 0.2) is 5.69 Å². The molecule has 2 aromatic carbocycles. The molecule has 3 rings (SSSR count). The third-order valence-electron chi connectivity index (χ3n) is 4.47. The van der Waals surface area contributed by atoms with Gasteiger partial charge < -0.3 is 15.1 Å². The smallest absolute Gasteiger partial charge is 0.279 e. The Kier molecular flexibility index (Phi) is 7.30. The van der Waals surface area contributed by atoms with Crippen molar-refractivity contribution in [1.82, 2.24) is 15.1 Å². The summed E-state index contributed by atoms with van der Waals surface area (Å²) in [6, 6.07) is 23.1. The van der Waals surface area contributed by atoms with Gasteiger partial charge in [-0.05, 0) is 56.9 Å². The number of carbonyl (C=O) groups excluding carboxylic acids is 1. The zero-order valence-corrected chi connectivity index (χ0v) is 17.0. The molecule has 0 aliphatic rings. The average molecular weight is 390 g/mol. The molecule has 0 fully saturated rings. The minimum Gasteiger partial charge on any atom is -0.369 e. The molecule has 0 radical (unpaired) electrons. The maximum Gasteiger partial charge on any atom is 0.279 e. The van der Waals surface area contributed by atoms with Crippen LogP contribution in [0.3, 0.4) is 0 Å². The van der Waals surface area contributed by atoms with Gasteiger partial charge in [-0.3, -0.25) is 4.79 Å². The number of carbonyl (C=O) groups is 1. The van der Waals surface area contributed by atoms with Crippen LogP contribution >= 0.6 is 0 Å². The van der Waals surface area contributed by atoms with Crippen LogP contribution in [0.2, 0.25) is 0 Å². The summed E-state index contributed by atoms with van der Waals surface area (Å²) in [5, 5.41) is 11.6. The Balaban J connectivity index is 1.72. The van der Waals surface area contributed by atoms with Crippen molar-refractivity contribution in [3.05, 3.63) is 84.1 Å². The van der Waals surface area contributed by atoms with Gasteiger partial charge in [-0.1, -0.05) is 48.5 Å². The van der Waals surface area contributed by atoms with E-state index in [-0.39, 0.29) is 5.91 Å². The van der Waals surface area contributed by atoms with Crippen LogP contribution in [0.4, 0.5) is 11.5 Å². The number of anilines is 2. The Morgan fingerprint density at radius 1 is 0.897 bits per heavy atom. The van der Waals surface area contributed by atoms with Crippen molar-refractivity contribution in [2.75, 3.05) is 37.4 Å². The van der Waals surface area contributed by atoms with E-state index in [1.54, 1.807) is 11.0 Å². The summed E-state index contributed by atoms with van der Waals surface area (Å²) in [7, 11) is 4.10. The van der Waals surface area contributed by atoms with Crippen LogP contribution in [0.15, 0.2) is 72.8 Å². The Morgan fingerprint density at radius 2 is 1.59 bits per heavy atom. The molecule has 1 heterocycles. The van der Waals surface area contributed by atoms with Crippen molar-refractivity contribution in [2.45, 2.75) is 13.0 Å². The first kappa shape index (κ1) is 20.5. The Morgan fingerprint density at radius 3 is 2.21 bits per heavy atom. The molecule has 6 heteroatoms. The van der Waals surface area contributed by atoms with Crippen molar-refractivity contribution in [1.29, 1.82) is 0 Å². The minimum atomic E-state index is -0.174. The predicted molar refractivity (Wildman–Crippen MR) is 117 cm³/mol. The summed E-state index contributed by atoms with van der Waals surface area (Å²) >= 11 is 0. The van der Waals surface area contributed by atoms with Crippen LogP contribution in [0.1, 0.15) is 22.5 Å². The van der Waals surface area contributed by atoms with E-state index in [0.29, 0.717) is 18.1 Å². The largest absolute Gasteiger partial charge is 0.369 e. The van der Waals surface area contributed by atoms with Crippen LogP contribution < -0.4 is 10.2 Å². The lowest BCUT2D eigenvalue weighted by Gasteiger charge is -2.22. The van der Waals surface area contributed by atoms with Crippen LogP contribution in [0.5, 0.6) is 0 Å². The van der Waals surface area contributed by atoms with Crippen LogP contribution in [0, 0.1) is 0 Å². The predicted octanol–water partition coefficient (Wildman–Crippen LogP) is 3.69. The second kappa shape index (κ2) is 10.3. The minimum absolute atomic E-state index is 0.174. The quantitative estimate of drug-likeness (QED) is 0.566. The van der Waals surface area contributed by atoms with Crippen LogP contribution in [0.25, 0.3) is 0 Å². The summed E-state index contributed by atoms with van der Waals surface area (Å²) in [5.74, 6) is 0.501. The number of amides is 1. The number of nitrogens with one attached hydrogen (secondary N) is 1. The maximum atomic E-state index is 13.2. The highest BCUT2D eigenvalue weighted by molar-refractivity contribution is 6.04. The summed E-state index contributed by atoms with van der Waals surface area (Å²) in [6.45, 7) is 2.28. The highest BCUT2D eigenvalue weighted by atomic mass is 16.2. The molecule has 0 saturated carbocycles. The first-order valence-electron chi connectivity index (χ1n) is 9.76. The van der Waals surface area contributed by atoms with Crippen LogP contribution in [-0.2, 0) is 6.54 Å². The number of para-hydroxylation sites is 1. The van der Waals surface area contributed by atoms with E-state index in [1.165, 1.54) is 0 Å². The van der Waals surface area contributed by atoms with E-state index in [4.69, 9.17) is 0 Å². The van der Waals surface area contributed by atoms with Gasteiger partial charge in [-0.2, -0.15) is 0 Å². The van der Waals surface area contributed by atoms with Gasteiger partial charge in [0.05, 0.1) is 6.54 Å². The summed E-state index contributed by atoms with van der Waals surface area (Å²) in [6.07, 6.45) is 1.01. The van der Waals surface area contributed by atoms with Crippen molar-refractivity contribution in [3.63, 3.8) is 0 Å². The first-order chi connectivity index (χ1) is 14.1. The van der Waals surface area contributed by atoms with Crippen molar-refractivity contribution >= 4 is 17.4 Å². The highest BCUT2D eigenvalue weighted by Crippen LogP contribution is 2.19. The molecular formula is C23H27N5O. The molecule has 0 aliphatic carbocycles. The summed E-state index contributed by atoms with van der Waals surface area (Å²) in [4.78, 5) is 17.1. The number of aromatic nitrogens is 2. The van der Waals surface area contributed by atoms with Gasteiger partial charge in [0.2, 0.25) is 0 Å². The fraction of sp³-hybridized carbons (Fsp3) is 0.261. The third kappa shape index (κ3) is 6.12. The van der Waals surface area contributed by atoms with E-state index >= 15 is 0 Å². The van der Waals surface area contributed by atoms with Gasteiger partial charge in [-0.15, -0.1) is 10.2 Å². The van der Waals surface area contributed by atoms with Gasteiger partial charge in [-0.25, -0.2) is 0 Å². The molecule has 3 aromatic rings. The number of rotatable bonds is 9. The average Bonchev–Trinajstić information content (AvgIpc) is 2.76. The summed E-state index contributed by atoms with van der Waals surface area (Å²) in [5.41, 5.74) is 2.20. The second-order valence-corrected chi connectivity index (χ2v) is 7.10. The monoisotopic (exact) mass is 389 g/mol. The molecule has 0 aliphatic heterocycles. The maximum absolute atomic E-state index is 13.2. The van der Waals surface area contributed by atoms with E-state index in [2.05, 4.69) is 20.4 Å². The topological polar surface area (TPSA) is 61.4 Å². The van der Waals surface area contributed by atoms with E-state index < -0.39 is 0 Å². The SMILES string of the molecule is CN(C)CCCNc1ccc(C(=O)N(Cc2ccccc2)c2ccccc2)nn1. The number of benzene rings is 2. The highest BCUT2D eigenvalue weighted by Gasteiger charge is 2.19. The molecule has 0 saturated heterocycles. The molecular weight excluding hydrogens is 362 g/mol. The molecule has 6 nitrogen and oxygen atoms in total. The van der Waals surface area contributed by atoms with E-state index in [0.717, 1.165) is 30.8 Å². The number of nitrogens with zero attached hydrogens (tertiary/aromatic N) is 4. The molecule has 1 amide bonds. The molecule has 0 spiro atoms. The second-order valence-electron chi connectivity index (χ2n) is 7.10. The summed E-state index contributed by atoms with van der Waals surface area (Å²) < 4.78 is 0. The van der Waals surface area contributed by atoms with E-state index in [9.17, 15) is 4.79 Å². The molecule has 29 heavy (non-hydrogen) atoms. The molecule has 0 unspecified atom stereocenters. The zero-order valence-electron chi connectivity index (χ0n) is 17.0. The molecule has 0 bridgehead atoms. The fourth-order valence-electron chi connectivity index (χ4n) is 2.94. The van der Waals surface area contributed by atoms with Gasteiger partial charge in [0.25, 0.3) is 5.91 Å².